The van der Waals surface area contributed by atoms with Crippen LogP contribution in [-0.2, 0) is 6.54 Å². The van der Waals surface area contributed by atoms with Crippen LogP contribution < -0.4 is 11.2 Å². The van der Waals surface area contributed by atoms with Crippen LogP contribution in [0, 0.1) is 0 Å². The third-order valence-corrected chi connectivity index (χ3v) is 3.17. The van der Waals surface area contributed by atoms with Crippen molar-refractivity contribution in [2.45, 2.75) is 26.3 Å². The molecule has 1 rings (SSSR count). The van der Waals surface area contributed by atoms with E-state index in [9.17, 15) is 14.7 Å². The first-order chi connectivity index (χ1) is 10.4. The predicted molar refractivity (Wildman–Crippen MR) is 88.1 cm³/mol. The number of aromatic hydroxyl groups is 1. The molecule has 0 radical (unpaired) electrons. The summed E-state index contributed by atoms with van der Waals surface area (Å²) in [4.78, 5) is 32.4. The standard InChI is InChI=1S/C15H24N4O3/c1-5-9-19-14(21)12(13(20)17-15(19)22)11(6-2)16-8-7-10-18(3)4/h5,21H,1,6-10H2,2-4H3,(H,17,20,22). The van der Waals surface area contributed by atoms with Crippen molar-refractivity contribution < 1.29 is 5.11 Å². The SMILES string of the molecule is C=CCn1c(O)c(C(CC)=NCCCN(C)C)c(=O)[nH]c1=O. The normalized spacial score (nSPS) is 11.9. The van der Waals surface area contributed by atoms with Gasteiger partial charge in [0, 0.05) is 13.1 Å². The van der Waals surface area contributed by atoms with Gasteiger partial charge in [-0.3, -0.25) is 19.3 Å². The average Bonchev–Trinajstić information content (AvgIpc) is 2.45. The molecule has 22 heavy (non-hydrogen) atoms. The second kappa shape index (κ2) is 8.33. The first kappa shape index (κ1) is 17.9. The molecule has 0 saturated carbocycles. The number of aliphatic imine (C=N–C) groups is 1. The summed E-state index contributed by atoms with van der Waals surface area (Å²) in [5.74, 6) is -0.359. The van der Waals surface area contributed by atoms with Gasteiger partial charge in [0.15, 0.2) is 0 Å². The van der Waals surface area contributed by atoms with Crippen molar-refractivity contribution >= 4 is 5.71 Å². The smallest absolute Gasteiger partial charge is 0.331 e. The number of hydrogen-bond acceptors (Lipinski definition) is 5. The minimum absolute atomic E-state index is 0.0637. The molecule has 0 aliphatic heterocycles. The minimum Gasteiger partial charge on any atom is -0.494 e. The zero-order valence-corrected chi connectivity index (χ0v) is 13.4. The first-order valence-corrected chi connectivity index (χ1v) is 7.27. The molecule has 0 amide bonds. The van der Waals surface area contributed by atoms with Crippen LogP contribution in [-0.4, -0.2) is 52.5 Å². The van der Waals surface area contributed by atoms with Crippen molar-refractivity contribution in [3.8, 4) is 5.88 Å². The molecule has 0 atom stereocenters. The molecule has 1 aromatic heterocycles. The van der Waals surface area contributed by atoms with E-state index in [0.29, 0.717) is 18.7 Å². The second-order valence-electron chi connectivity index (χ2n) is 5.20. The molecule has 0 spiro atoms. The molecule has 0 aromatic carbocycles. The highest BCUT2D eigenvalue weighted by atomic mass is 16.3. The number of rotatable bonds is 8. The Morgan fingerprint density at radius 2 is 2.14 bits per heavy atom. The van der Waals surface area contributed by atoms with Gasteiger partial charge in [-0.15, -0.1) is 6.58 Å². The van der Waals surface area contributed by atoms with E-state index >= 15 is 0 Å². The van der Waals surface area contributed by atoms with Gasteiger partial charge in [-0.2, -0.15) is 0 Å². The number of nitrogens with one attached hydrogen (secondary N) is 1. The summed E-state index contributed by atoms with van der Waals surface area (Å²) >= 11 is 0. The number of hydrogen-bond donors (Lipinski definition) is 2. The summed E-state index contributed by atoms with van der Waals surface area (Å²) in [6.07, 6.45) is 2.81. The average molecular weight is 308 g/mol. The Kier molecular flexibility index (Phi) is 6.78. The molecular weight excluding hydrogens is 284 g/mol. The third-order valence-electron chi connectivity index (χ3n) is 3.17. The fraction of sp³-hybridized carbons (Fsp3) is 0.533. The monoisotopic (exact) mass is 308 g/mol. The van der Waals surface area contributed by atoms with Gasteiger partial charge >= 0.3 is 5.69 Å². The molecule has 0 aliphatic rings. The number of aromatic amines is 1. The maximum absolute atomic E-state index is 12.0. The van der Waals surface area contributed by atoms with Crippen molar-refractivity contribution in [3.63, 3.8) is 0 Å². The van der Waals surface area contributed by atoms with Crippen LogP contribution in [0.4, 0.5) is 0 Å². The van der Waals surface area contributed by atoms with Gasteiger partial charge in [0.1, 0.15) is 5.56 Å². The van der Waals surface area contributed by atoms with E-state index in [1.807, 2.05) is 21.0 Å². The Bertz CT molecular complexity index is 656. The highest BCUT2D eigenvalue weighted by Crippen LogP contribution is 2.13. The van der Waals surface area contributed by atoms with E-state index in [-0.39, 0.29) is 18.0 Å². The van der Waals surface area contributed by atoms with Crippen molar-refractivity contribution in [1.29, 1.82) is 0 Å². The van der Waals surface area contributed by atoms with E-state index in [1.54, 1.807) is 0 Å². The maximum atomic E-state index is 12.0. The van der Waals surface area contributed by atoms with Gasteiger partial charge in [-0.1, -0.05) is 13.0 Å². The van der Waals surface area contributed by atoms with Gasteiger partial charge in [0.05, 0.1) is 5.71 Å². The van der Waals surface area contributed by atoms with E-state index in [2.05, 4.69) is 21.5 Å². The Morgan fingerprint density at radius 1 is 1.45 bits per heavy atom. The molecule has 7 heteroatoms. The largest absolute Gasteiger partial charge is 0.494 e. The summed E-state index contributed by atoms with van der Waals surface area (Å²) < 4.78 is 1.06. The van der Waals surface area contributed by atoms with E-state index in [0.717, 1.165) is 17.5 Å². The lowest BCUT2D eigenvalue weighted by Gasteiger charge is -2.11. The fourth-order valence-corrected chi connectivity index (χ4v) is 2.09. The summed E-state index contributed by atoms with van der Waals surface area (Å²) in [7, 11) is 3.96. The van der Waals surface area contributed by atoms with Gasteiger partial charge < -0.3 is 10.0 Å². The molecule has 122 valence electrons. The predicted octanol–water partition coefficient (Wildman–Crippen LogP) is 0.579. The van der Waals surface area contributed by atoms with Crippen molar-refractivity contribution in [2.75, 3.05) is 27.2 Å². The lowest BCUT2D eigenvalue weighted by atomic mass is 10.1. The van der Waals surface area contributed by atoms with Crippen LogP contribution in [0.15, 0.2) is 27.2 Å². The van der Waals surface area contributed by atoms with E-state index in [1.165, 1.54) is 6.08 Å². The Labute approximate surface area is 129 Å². The van der Waals surface area contributed by atoms with Crippen LogP contribution in [0.25, 0.3) is 0 Å². The van der Waals surface area contributed by atoms with Gasteiger partial charge in [-0.25, -0.2) is 4.79 Å². The third kappa shape index (κ3) is 4.42. The molecule has 0 fully saturated rings. The quantitative estimate of drug-likeness (QED) is 0.417. The van der Waals surface area contributed by atoms with E-state index in [4.69, 9.17) is 0 Å². The fourth-order valence-electron chi connectivity index (χ4n) is 2.09. The van der Waals surface area contributed by atoms with Crippen molar-refractivity contribution in [3.05, 3.63) is 39.1 Å². The molecule has 2 N–H and O–H groups in total. The first-order valence-electron chi connectivity index (χ1n) is 7.27. The molecule has 1 aromatic rings. The molecule has 0 unspecified atom stereocenters. The zero-order valence-electron chi connectivity index (χ0n) is 13.4. The lowest BCUT2D eigenvalue weighted by molar-refractivity contribution is 0.403. The summed E-state index contributed by atoms with van der Waals surface area (Å²) in [5, 5.41) is 10.2. The maximum Gasteiger partial charge on any atom is 0.331 e. The van der Waals surface area contributed by atoms with E-state index < -0.39 is 11.2 Å². The Hall–Kier alpha value is -2.15. The number of H-pyrrole nitrogens is 1. The highest BCUT2D eigenvalue weighted by Gasteiger charge is 2.17. The van der Waals surface area contributed by atoms with Crippen LogP contribution in [0.2, 0.25) is 0 Å². The number of aromatic nitrogens is 2. The lowest BCUT2D eigenvalue weighted by Crippen LogP contribution is -2.33. The summed E-state index contributed by atoms with van der Waals surface area (Å²) in [6.45, 7) is 6.95. The van der Waals surface area contributed by atoms with Gasteiger partial charge in [0.25, 0.3) is 5.56 Å². The van der Waals surface area contributed by atoms with Gasteiger partial charge in [-0.05, 0) is 33.5 Å². The molecule has 0 aliphatic carbocycles. The van der Waals surface area contributed by atoms with Gasteiger partial charge in [0.2, 0.25) is 5.88 Å². The van der Waals surface area contributed by atoms with Crippen LogP contribution in [0.5, 0.6) is 5.88 Å². The molecule has 0 bridgehead atoms. The van der Waals surface area contributed by atoms with Crippen LogP contribution >= 0.6 is 0 Å². The minimum atomic E-state index is -0.658. The Morgan fingerprint density at radius 3 is 2.68 bits per heavy atom. The number of nitrogens with zero attached hydrogens (tertiary/aromatic N) is 3. The van der Waals surface area contributed by atoms with Crippen LogP contribution in [0.1, 0.15) is 25.3 Å². The highest BCUT2D eigenvalue weighted by molar-refractivity contribution is 6.01. The molecule has 7 nitrogen and oxygen atoms in total. The van der Waals surface area contributed by atoms with Crippen LogP contribution in [0.3, 0.4) is 0 Å². The second-order valence-corrected chi connectivity index (χ2v) is 5.20. The summed E-state index contributed by atoms with van der Waals surface area (Å²) in [5.41, 5.74) is -0.714. The molecule has 0 saturated heterocycles. The summed E-state index contributed by atoms with van der Waals surface area (Å²) in [6, 6.07) is 0. The molecule has 1 heterocycles. The molecular formula is C15H24N4O3. The Balaban J connectivity index is 3.19. The van der Waals surface area contributed by atoms with Crippen molar-refractivity contribution in [2.24, 2.45) is 4.99 Å². The zero-order chi connectivity index (χ0) is 16.7. The topological polar surface area (TPSA) is 90.7 Å². The van der Waals surface area contributed by atoms with Crippen molar-refractivity contribution in [1.82, 2.24) is 14.5 Å². The number of allylic oxidation sites excluding steroid dienone is 1.